The molecule has 0 aliphatic rings. The molecular formula is C12H14O7. The molecule has 0 aliphatic heterocycles. The van der Waals surface area contributed by atoms with Crippen molar-refractivity contribution in [1.29, 1.82) is 0 Å². The molecule has 7 heteroatoms. The molecular weight excluding hydrogens is 256 g/mol. The van der Waals surface area contributed by atoms with Crippen LogP contribution < -0.4 is 0 Å². The van der Waals surface area contributed by atoms with Crippen LogP contribution in [-0.2, 0) is 28.7 Å². The van der Waals surface area contributed by atoms with Gasteiger partial charge in [0.15, 0.2) is 6.10 Å². The Kier molecular flexibility index (Phi) is 7.71. The Morgan fingerprint density at radius 2 is 1.42 bits per heavy atom. The summed E-state index contributed by atoms with van der Waals surface area (Å²) in [6.45, 7) is 6.52. The molecule has 7 nitrogen and oxygen atoms in total. The van der Waals surface area contributed by atoms with Crippen molar-refractivity contribution < 1.29 is 33.8 Å². The fourth-order valence-corrected chi connectivity index (χ4v) is 0.909. The number of hydrogen-bond acceptors (Lipinski definition) is 7. The van der Waals surface area contributed by atoms with Crippen molar-refractivity contribution in [2.24, 2.45) is 0 Å². The Labute approximate surface area is 109 Å². The van der Waals surface area contributed by atoms with Crippen molar-refractivity contribution in [3.8, 4) is 0 Å². The first-order chi connectivity index (χ1) is 8.90. The van der Waals surface area contributed by atoms with Crippen LogP contribution in [0.2, 0.25) is 0 Å². The smallest absolute Gasteiger partial charge is 0.343 e. The molecule has 0 saturated heterocycles. The minimum absolute atomic E-state index is 0.176. The van der Waals surface area contributed by atoms with Gasteiger partial charge in [-0.2, -0.15) is 0 Å². The molecule has 0 saturated carbocycles. The van der Waals surface area contributed by atoms with E-state index in [-0.39, 0.29) is 12.8 Å². The van der Waals surface area contributed by atoms with E-state index < -0.39 is 36.4 Å². The van der Waals surface area contributed by atoms with E-state index in [1.165, 1.54) is 12.2 Å². The topological polar surface area (TPSA) is 107 Å². The van der Waals surface area contributed by atoms with Crippen LogP contribution in [0.5, 0.6) is 0 Å². The number of rotatable bonds is 7. The summed E-state index contributed by atoms with van der Waals surface area (Å²) in [6, 6.07) is 0. The van der Waals surface area contributed by atoms with Gasteiger partial charge in [0.25, 0.3) is 0 Å². The molecule has 0 spiro atoms. The normalized spacial score (nSPS) is 11.0. The van der Waals surface area contributed by atoms with E-state index in [9.17, 15) is 24.3 Å². The Hall–Kier alpha value is -2.28. The van der Waals surface area contributed by atoms with E-state index in [0.29, 0.717) is 0 Å². The third-order valence-electron chi connectivity index (χ3n) is 1.70. The zero-order valence-electron chi connectivity index (χ0n) is 10.2. The number of carbonyl (C=O) groups excluding carboxylic acids is 4. The number of esters is 4. The van der Waals surface area contributed by atoms with Crippen molar-refractivity contribution in [3.63, 3.8) is 0 Å². The van der Waals surface area contributed by atoms with Gasteiger partial charge in [0.2, 0.25) is 0 Å². The molecule has 1 N–H and O–H groups in total. The molecule has 0 radical (unpaired) electrons. The molecule has 0 amide bonds. The zero-order chi connectivity index (χ0) is 14.8. The van der Waals surface area contributed by atoms with Gasteiger partial charge >= 0.3 is 23.9 Å². The molecule has 0 aliphatic carbocycles. The summed E-state index contributed by atoms with van der Waals surface area (Å²) < 4.78 is 8.44. The van der Waals surface area contributed by atoms with Gasteiger partial charge in [-0.25, -0.2) is 4.79 Å². The van der Waals surface area contributed by atoms with E-state index in [2.05, 4.69) is 22.6 Å². The van der Waals surface area contributed by atoms with Crippen LogP contribution in [0.15, 0.2) is 25.3 Å². The van der Waals surface area contributed by atoms with Crippen LogP contribution in [0.25, 0.3) is 0 Å². The Morgan fingerprint density at radius 1 is 0.947 bits per heavy atom. The van der Waals surface area contributed by atoms with Gasteiger partial charge in [0.1, 0.15) is 0 Å². The van der Waals surface area contributed by atoms with Gasteiger partial charge in [-0.3, -0.25) is 14.4 Å². The van der Waals surface area contributed by atoms with E-state index in [1.807, 2.05) is 0 Å². The molecule has 0 aromatic rings. The maximum atomic E-state index is 11.1. The fourth-order valence-electron chi connectivity index (χ4n) is 0.909. The summed E-state index contributed by atoms with van der Waals surface area (Å²) >= 11 is 0. The van der Waals surface area contributed by atoms with Crippen LogP contribution in [-0.4, -0.2) is 35.1 Å². The van der Waals surface area contributed by atoms with Gasteiger partial charge in [-0.05, 0) is 0 Å². The fraction of sp³-hybridized carbons (Fsp3) is 0.333. The van der Waals surface area contributed by atoms with Crippen LogP contribution in [0.1, 0.15) is 19.3 Å². The summed E-state index contributed by atoms with van der Waals surface area (Å²) in [5, 5.41) is 9.26. The third-order valence-corrected chi connectivity index (χ3v) is 1.70. The molecule has 1 unspecified atom stereocenters. The second-order valence-corrected chi connectivity index (χ2v) is 3.34. The number of aliphatic hydroxyl groups excluding tert-OH is 1. The molecule has 0 aromatic heterocycles. The largest absolute Gasteiger partial charge is 0.393 e. The maximum absolute atomic E-state index is 11.1. The van der Waals surface area contributed by atoms with Crippen LogP contribution in [0.4, 0.5) is 0 Å². The van der Waals surface area contributed by atoms with Gasteiger partial charge < -0.3 is 14.6 Å². The molecule has 104 valence electrons. The standard InChI is InChI=1S/C12H14O7/c1-3-5-9(14)18-11(16)7-8(13)12(17)19-10(15)6-4-2/h3-4,8,13H,1-2,5-7H2. The number of hydrogen-bond donors (Lipinski definition) is 1. The van der Waals surface area contributed by atoms with Crippen molar-refractivity contribution in [3.05, 3.63) is 25.3 Å². The van der Waals surface area contributed by atoms with Crippen LogP contribution >= 0.6 is 0 Å². The van der Waals surface area contributed by atoms with Crippen LogP contribution in [0, 0.1) is 0 Å². The van der Waals surface area contributed by atoms with E-state index in [4.69, 9.17) is 0 Å². The quantitative estimate of drug-likeness (QED) is 0.395. The molecule has 0 bridgehead atoms. The first-order valence-corrected chi connectivity index (χ1v) is 5.28. The summed E-state index contributed by atoms with van der Waals surface area (Å²) in [5.41, 5.74) is 0. The van der Waals surface area contributed by atoms with Crippen LogP contribution in [0.3, 0.4) is 0 Å². The third kappa shape index (κ3) is 7.61. The molecule has 0 aromatic carbocycles. The Morgan fingerprint density at radius 3 is 1.89 bits per heavy atom. The average Bonchev–Trinajstić information content (AvgIpc) is 2.28. The molecule has 0 heterocycles. The first kappa shape index (κ1) is 16.7. The second kappa shape index (κ2) is 8.76. The van der Waals surface area contributed by atoms with E-state index in [0.717, 1.165) is 0 Å². The lowest BCUT2D eigenvalue weighted by Gasteiger charge is -2.08. The van der Waals surface area contributed by atoms with Crippen molar-refractivity contribution in [1.82, 2.24) is 0 Å². The second-order valence-electron chi connectivity index (χ2n) is 3.34. The van der Waals surface area contributed by atoms with E-state index in [1.54, 1.807) is 0 Å². The lowest BCUT2D eigenvalue weighted by Crippen LogP contribution is -2.29. The SMILES string of the molecule is C=CCC(=O)OC(=O)CC(O)C(=O)OC(=O)CC=C. The van der Waals surface area contributed by atoms with Gasteiger partial charge in [0, 0.05) is 0 Å². The summed E-state index contributed by atoms with van der Waals surface area (Å²) in [7, 11) is 0. The first-order valence-electron chi connectivity index (χ1n) is 5.28. The number of ether oxygens (including phenoxy) is 2. The predicted octanol–water partition coefficient (Wildman–Crippen LogP) is 0.0292. The predicted molar refractivity (Wildman–Crippen MR) is 62.4 cm³/mol. The molecule has 0 rings (SSSR count). The lowest BCUT2D eigenvalue weighted by molar-refractivity contribution is -0.171. The van der Waals surface area contributed by atoms with E-state index >= 15 is 0 Å². The molecule has 19 heavy (non-hydrogen) atoms. The van der Waals surface area contributed by atoms with Crippen molar-refractivity contribution in [2.75, 3.05) is 0 Å². The highest BCUT2D eigenvalue weighted by Gasteiger charge is 2.24. The number of aliphatic hydroxyl groups is 1. The molecule has 0 fully saturated rings. The highest BCUT2D eigenvalue weighted by molar-refractivity contribution is 5.92. The Bertz CT molecular complexity index is 397. The molecule has 1 atom stereocenters. The van der Waals surface area contributed by atoms with Gasteiger partial charge in [-0.1, -0.05) is 12.2 Å². The van der Waals surface area contributed by atoms with Crippen molar-refractivity contribution in [2.45, 2.75) is 25.4 Å². The summed E-state index contributed by atoms with van der Waals surface area (Å²) in [6.07, 6.45) is -0.607. The summed E-state index contributed by atoms with van der Waals surface area (Å²) in [5.74, 6) is -4.16. The zero-order valence-corrected chi connectivity index (χ0v) is 10.2. The maximum Gasteiger partial charge on any atom is 0.343 e. The van der Waals surface area contributed by atoms with Crippen molar-refractivity contribution >= 4 is 23.9 Å². The summed E-state index contributed by atoms with van der Waals surface area (Å²) in [4.78, 5) is 44.0. The highest BCUT2D eigenvalue weighted by Crippen LogP contribution is 2.01. The average molecular weight is 270 g/mol. The number of carbonyl (C=O) groups is 4. The highest BCUT2D eigenvalue weighted by atomic mass is 16.6. The minimum Gasteiger partial charge on any atom is -0.393 e. The monoisotopic (exact) mass is 270 g/mol. The minimum atomic E-state index is -1.88. The van der Waals surface area contributed by atoms with Gasteiger partial charge in [-0.15, -0.1) is 13.2 Å². The van der Waals surface area contributed by atoms with Gasteiger partial charge in [0.05, 0.1) is 19.3 Å². The lowest BCUT2D eigenvalue weighted by atomic mass is 10.2. The Balaban J connectivity index is 4.17.